The largest absolute Gasteiger partial charge is 0.164 e. The SMILES string of the molecule is CCC=[N]. The van der Waals surface area contributed by atoms with Crippen molar-refractivity contribution >= 4 is 6.21 Å². The minimum Gasteiger partial charge on any atom is -0.164 e. The molecule has 0 amide bonds. The van der Waals surface area contributed by atoms with Crippen LogP contribution in [0.4, 0.5) is 0 Å². The van der Waals surface area contributed by atoms with Crippen LogP contribution in [0.2, 0.25) is 0 Å². The predicted octanol–water partition coefficient (Wildman–Crippen LogP) is 0.267. The molecule has 0 aliphatic carbocycles. The zero-order chi connectivity index (χ0) is 3.41. The molecule has 0 aromatic rings. The summed E-state index contributed by atoms with van der Waals surface area (Å²) in [7, 11) is 0. The summed E-state index contributed by atoms with van der Waals surface area (Å²) in [6.45, 7) is 1.88. The van der Waals surface area contributed by atoms with Crippen LogP contribution in [-0.4, -0.2) is 6.21 Å². The van der Waals surface area contributed by atoms with E-state index >= 15 is 0 Å². The fraction of sp³-hybridized carbons (Fsp3) is 0.667. The number of hydrogen-bond donors (Lipinski definition) is 0. The second kappa shape index (κ2) is 2.67. The standard InChI is InChI=1S/C3H6N/c1-2-3-4/h3H,2H2,1H3. The summed E-state index contributed by atoms with van der Waals surface area (Å²) in [5, 5.41) is 7.75. The molecule has 0 N–H and O–H groups in total. The highest BCUT2D eigenvalue weighted by molar-refractivity contribution is 5.53. The van der Waals surface area contributed by atoms with Crippen LogP contribution in [-0.2, 0) is 0 Å². The van der Waals surface area contributed by atoms with E-state index in [1.54, 1.807) is 0 Å². The molecular formula is C3H6N. The minimum atomic E-state index is 0.750. The molecule has 1 radical (unpaired) electrons. The van der Waals surface area contributed by atoms with Crippen molar-refractivity contribution in [2.75, 3.05) is 0 Å². The minimum absolute atomic E-state index is 0.750. The van der Waals surface area contributed by atoms with E-state index < -0.39 is 0 Å². The summed E-state index contributed by atoms with van der Waals surface area (Å²) >= 11 is 0. The Kier molecular flexibility index (Phi) is 2.45. The Hall–Kier alpha value is -0.330. The van der Waals surface area contributed by atoms with Gasteiger partial charge in [0.05, 0.1) is 0 Å². The highest BCUT2D eigenvalue weighted by Crippen LogP contribution is 1.52. The highest BCUT2D eigenvalue weighted by Gasteiger charge is 1.49. The molecule has 0 atom stereocenters. The fourth-order valence-electron chi connectivity index (χ4n) is 0. The molecule has 1 heteroatoms. The fourth-order valence-corrected chi connectivity index (χ4v) is 0. The van der Waals surface area contributed by atoms with Gasteiger partial charge in [-0.2, -0.15) is 5.41 Å². The summed E-state index contributed by atoms with van der Waals surface area (Å²) < 4.78 is 0. The molecule has 0 heterocycles. The first-order valence-corrected chi connectivity index (χ1v) is 1.37. The summed E-state index contributed by atoms with van der Waals surface area (Å²) in [6, 6.07) is 0. The quantitative estimate of drug-likeness (QED) is 0.385. The maximum absolute atomic E-state index is 7.75. The molecule has 0 fully saturated rings. The van der Waals surface area contributed by atoms with Crippen molar-refractivity contribution < 1.29 is 0 Å². The summed E-state index contributed by atoms with van der Waals surface area (Å²) in [4.78, 5) is 0. The Balaban J connectivity index is 2.30. The lowest BCUT2D eigenvalue weighted by Gasteiger charge is -1.53. The van der Waals surface area contributed by atoms with Crippen LogP contribution in [0.5, 0.6) is 0 Å². The molecule has 0 spiro atoms. The van der Waals surface area contributed by atoms with Gasteiger partial charge in [0.25, 0.3) is 0 Å². The number of rotatable bonds is 1. The van der Waals surface area contributed by atoms with Crippen LogP contribution in [0, 0.1) is 0 Å². The highest BCUT2D eigenvalue weighted by atomic mass is 14.3. The maximum Gasteiger partial charge on any atom is 0.0267 e. The first-order chi connectivity index (χ1) is 1.91. The monoisotopic (exact) mass is 56.1 g/mol. The first-order valence-electron chi connectivity index (χ1n) is 1.37. The van der Waals surface area contributed by atoms with E-state index in [-0.39, 0.29) is 0 Å². The average Bonchev–Trinajstić information content (AvgIpc) is 1.37. The Labute approximate surface area is 26.2 Å². The Morgan fingerprint density at radius 2 is 2.25 bits per heavy atom. The normalized spacial score (nSPS) is 6.25. The summed E-state index contributed by atoms with van der Waals surface area (Å²) in [5.74, 6) is 0. The van der Waals surface area contributed by atoms with E-state index in [9.17, 15) is 0 Å². The maximum atomic E-state index is 7.75. The third-order valence-electron chi connectivity index (χ3n) is 0.183. The smallest absolute Gasteiger partial charge is 0.0267 e. The van der Waals surface area contributed by atoms with Gasteiger partial charge in [-0.25, -0.2) is 0 Å². The van der Waals surface area contributed by atoms with Crippen LogP contribution < -0.4 is 5.41 Å². The molecule has 0 rings (SSSR count). The van der Waals surface area contributed by atoms with Crippen molar-refractivity contribution in [1.29, 1.82) is 0 Å². The third-order valence-corrected chi connectivity index (χ3v) is 0.183. The van der Waals surface area contributed by atoms with E-state index in [1.165, 1.54) is 0 Å². The zero-order valence-electron chi connectivity index (χ0n) is 2.73. The average molecular weight is 56.1 g/mol. The summed E-state index contributed by atoms with van der Waals surface area (Å²) in [5.41, 5.74) is 0. The van der Waals surface area contributed by atoms with Gasteiger partial charge in [-0.15, -0.1) is 0 Å². The molecule has 0 saturated heterocycles. The molecule has 0 saturated carbocycles. The van der Waals surface area contributed by atoms with Crippen LogP contribution in [0.1, 0.15) is 13.3 Å². The topological polar surface area (TPSA) is 22.3 Å². The van der Waals surface area contributed by atoms with Crippen LogP contribution >= 0.6 is 0 Å². The van der Waals surface area contributed by atoms with Gasteiger partial charge in [-0.3, -0.25) is 0 Å². The Morgan fingerprint density at radius 1 is 2.00 bits per heavy atom. The van der Waals surface area contributed by atoms with Gasteiger partial charge in [0.15, 0.2) is 0 Å². The van der Waals surface area contributed by atoms with Gasteiger partial charge in [-0.1, -0.05) is 6.92 Å². The van der Waals surface area contributed by atoms with Crippen molar-refractivity contribution in [2.45, 2.75) is 13.3 Å². The predicted molar refractivity (Wildman–Crippen MR) is 18.5 cm³/mol. The third kappa shape index (κ3) is 1.67. The van der Waals surface area contributed by atoms with Gasteiger partial charge in [0.1, 0.15) is 0 Å². The van der Waals surface area contributed by atoms with Crippen molar-refractivity contribution in [3.05, 3.63) is 0 Å². The lowest BCUT2D eigenvalue weighted by atomic mass is 10.6. The lowest BCUT2D eigenvalue weighted by Crippen LogP contribution is -1.59. The van der Waals surface area contributed by atoms with Crippen LogP contribution in [0.3, 0.4) is 0 Å². The molecular weight excluding hydrogens is 50.0 g/mol. The van der Waals surface area contributed by atoms with Gasteiger partial charge in [0.2, 0.25) is 0 Å². The van der Waals surface area contributed by atoms with Crippen molar-refractivity contribution in [1.82, 2.24) is 5.41 Å². The zero-order valence-corrected chi connectivity index (χ0v) is 2.73. The second-order valence-corrected chi connectivity index (χ2v) is 0.591. The molecule has 0 aliphatic rings. The van der Waals surface area contributed by atoms with Gasteiger partial charge in [-0.05, 0) is 6.42 Å². The Bertz CT molecular complexity index is 17.2. The molecule has 1 nitrogen and oxygen atoms in total. The molecule has 23 valence electrons. The summed E-state index contributed by atoms with van der Waals surface area (Å²) in [6.07, 6.45) is 1.88. The first kappa shape index (κ1) is 3.67. The van der Waals surface area contributed by atoms with E-state index in [2.05, 4.69) is 0 Å². The van der Waals surface area contributed by atoms with Crippen LogP contribution in [0.15, 0.2) is 0 Å². The van der Waals surface area contributed by atoms with Gasteiger partial charge >= 0.3 is 0 Å². The van der Waals surface area contributed by atoms with E-state index in [0.29, 0.717) is 0 Å². The van der Waals surface area contributed by atoms with Crippen molar-refractivity contribution in [2.24, 2.45) is 0 Å². The molecule has 0 aliphatic heterocycles. The molecule has 0 unspecified atom stereocenters. The van der Waals surface area contributed by atoms with Crippen LogP contribution in [0.25, 0.3) is 0 Å². The van der Waals surface area contributed by atoms with Gasteiger partial charge in [0, 0.05) is 6.21 Å². The van der Waals surface area contributed by atoms with Crippen molar-refractivity contribution in [3.8, 4) is 0 Å². The van der Waals surface area contributed by atoms with E-state index in [4.69, 9.17) is 5.41 Å². The number of hydrogen-bond acceptors (Lipinski definition) is 0. The van der Waals surface area contributed by atoms with Gasteiger partial charge < -0.3 is 0 Å². The lowest BCUT2D eigenvalue weighted by molar-refractivity contribution is 1.33. The Morgan fingerprint density at radius 3 is 2.25 bits per heavy atom. The number of nitrogens with zero attached hydrogens (tertiary/aromatic N) is 1. The molecule has 0 aromatic heterocycles. The molecule has 4 heavy (non-hydrogen) atoms. The van der Waals surface area contributed by atoms with E-state index in [1.807, 2.05) is 6.92 Å². The van der Waals surface area contributed by atoms with E-state index in [0.717, 1.165) is 12.6 Å². The molecule has 0 aromatic carbocycles. The molecule has 0 bridgehead atoms. The van der Waals surface area contributed by atoms with Crippen molar-refractivity contribution in [3.63, 3.8) is 0 Å². The second-order valence-electron chi connectivity index (χ2n) is 0.591.